The fourth-order valence-electron chi connectivity index (χ4n) is 1.24. The highest BCUT2D eigenvalue weighted by Gasteiger charge is 2.13. The summed E-state index contributed by atoms with van der Waals surface area (Å²) in [5.74, 6) is 1.15. The van der Waals surface area contributed by atoms with Crippen molar-refractivity contribution in [2.75, 3.05) is 13.2 Å². The van der Waals surface area contributed by atoms with E-state index >= 15 is 0 Å². The topological polar surface area (TPSA) is 58.9 Å². The van der Waals surface area contributed by atoms with E-state index < -0.39 is 7.12 Å². The number of rotatable bonds is 5. The molecule has 0 bridgehead atoms. The zero-order valence-electron chi connectivity index (χ0n) is 8.93. The number of hydrogen-bond acceptors (Lipinski definition) is 4. The number of benzene rings is 1. The lowest BCUT2D eigenvalue weighted by Gasteiger charge is -2.10. The predicted octanol–water partition coefficient (Wildman–Crippen LogP) is 0.164. The summed E-state index contributed by atoms with van der Waals surface area (Å²) < 4.78 is 10.6. The summed E-state index contributed by atoms with van der Waals surface area (Å²) >= 11 is 0. The van der Waals surface area contributed by atoms with Gasteiger partial charge < -0.3 is 19.5 Å². The van der Waals surface area contributed by atoms with Crippen LogP contribution in [0.3, 0.4) is 0 Å². The van der Waals surface area contributed by atoms with Gasteiger partial charge in [-0.25, -0.2) is 0 Å². The van der Waals surface area contributed by atoms with Crippen LogP contribution in [0, 0.1) is 0 Å². The van der Waals surface area contributed by atoms with Gasteiger partial charge in [-0.1, -0.05) is 0 Å². The molecule has 0 aromatic heterocycles. The first-order chi connectivity index (χ1) is 7.17. The zero-order chi connectivity index (χ0) is 11.3. The van der Waals surface area contributed by atoms with E-state index in [1.807, 2.05) is 13.8 Å². The summed E-state index contributed by atoms with van der Waals surface area (Å²) in [5.41, 5.74) is 0.365. The Labute approximate surface area is 89.6 Å². The maximum atomic E-state index is 9.05. The van der Waals surface area contributed by atoms with E-state index in [4.69, 9.17) is 19.5 Å². The highest BCUT2D eigenvalue weighted by molar-refractivity contribution is 6.58. The van der Waals surface area contributed by atoms with Crippen molar-refractivity contribution < 1.29 is 19.5 Å². The van der Waals surface area contributed by atoms with Crippen molar-refractivity contribution in [1.29, 1.82) is 0 Å². The van der Waals surface area contributed by atoms with Gasteiger partial charge in [0.2, 0.25) is 0 Å². The second-order valence-electron chi connectivity index (χ2n) is 2.98. The fraction of sp³-hybridized carbons (Fsp3) is 0.400. The van der Waals surface area contributed by atoms with Crippen LogP contribution in [-0.2, 0) is 0 Å². The Kier molecular flexibility index (Phi) is 4.46. The Morgan fingerprint density at radius 3 is 1.80 bits per heavy atom. The molecule has 82 valence electrons. The normalized spacial score (nSPS) is 9.87. The van der Waals surface area contributed by atoms with Crippen molar-refractivity contribution in [3.8, 4) is 11.5 Å². The van der Waals surface area contributed by atoms with E-state index in [-0.39, 0.29) is 0 Å². The molecule has 5 heteroatoms. The van der Waals surface area contributed by atoms with E-state index in [1.165, 1.54) is 0 Å². The third-order valence-corrected chi connectivity index (χ3v) is 1.82. The van der Waals surface area contributed by atoms with Crippen molar-refractivity contribution in [3.63, 3.8) is 0 Å². The lowest BCUT2D eigenvalue weighted by atomic mass is 9.80. The molecule has 15 heavy (non-hydrogen) atoms. The molecule has 0 saturated heterocycles. The van der Waals surface area contributed by atoms with Crippen LogP contribution in [0.4, 0.5) is 0 Å². The molecule has 1 aromatic carbocycles. The van der Waals surface area contributed by atoms with Gasteiger partial charge in [0.25, 0.3) is 0 Å². The van der Waals surface area contributed by atoms with E-state index in [9.17, 15) is 0 Å². The van der Waals surface area contributed by atoms with Crippen molar-refractivity contribution in [2.45, 2.75) is 13.8 Å². The second kappa shape index (κ2) is 5.63. The molecule has 1 rings (SSSR count). The Morgan fingerprint density at radius 1 is 1.00 bits per heavy atom. The van der Waals surface area contributed by atoms with E-state index in [0.717, 1.165) is 0 Å². The summed E-state index contributed by atoms with van der Waals surface area (Å²) in [6.07, 6.45) is 0. The Bertz CT molecular complexity index is 290. The average Bonchev–Trinajstić information content (AvgIpc) is 2.18. The summed E-state index contributed by atoms with van der Waals surface area (Å²) in [4.78, 5) is 0. The standard InChI is InChI=1S/C10H15BO4/c1-3-14-9-5-8(11(12)13)6-10(7-9)15-4-2/h5-7,12-13H,3-4H2,1-2H3. The lowest BCUT2D eigenvalue weighted by Crippen LogP contribution is -2.29. The number of ether oxygens (including phenoxy) is 2. The zero-order valence-corrected chi connectivity index (χ0v) is 8.93. The quantitative estimate of drug-likeness (QED) is 0.680. The maximum absolute atomic E-state index is 9.05. The van der Waals surface area contributed by atoms with Crippen LogP contribution in [0.25, 0.3) is 0 Å². The molecule has 0 atom stereocenters. The molecule has 0 unspecified atom stereocenters. The Balaban J connectivity index is 2.97. The summed E-state index contributed by atoms with van der Waals surface area (Å²) in [7, 11) is -1.51. The average molecular weight is 210 g/mol. The molecule has 0 saturated carbocycles. The molecular formula is C10H15BO4. The lowest BCUT2D eigenvalue weighted by molar-refractivity contribution is 0.323. The first-order valence-electron chi connectivity index (χ1n) is 4.94. The van der Waals surface area contributed by atoms with Gasteiger partial charge in [0.05, 0.1) is 13.2 Å². The summed E-state index contributed by atoms with van der Waals surface area (Å²) in [6, 6.07) is 4.88. The van der Waals surface area contributed by atoms with Gasteiger partial charge in [-0.05, 0) is 31.4 Å². The largest absolute Gasteiger partial charge is 0.494 e. The first kappa shape index (κ1) is 11.9. The minimum absolute atomic E-state index is 0.365. The van der Waals surface area contributed by atoms with Gasteiger partial charge >= 0.3 is 7.12 Å². The monoisotopic (exact) mass is 210 g/mol. The predicted molar refractivity (Wildman–Crippen MR) is 58.6 cm³/mol. The van der Waals surface area contributed by atoms with Crippen LogP contribution in [0.5, 0.6) is 11.5 Å². The maximum Gasteiger partial charge on any atom is 0.488 e. The van der Waals surface area contributed by atoms with Crippen molar-refractivity contribution in [3.05, 3.63) is 18.2 Å². The Morgan fingerprint density at radius 2 is 1.47 bits per heavy atom. The van der Waals surface area contributed by atoms with Crippen molar-refractivity contribution in [1.82, 2.24) is 0 Å². The molecule has 0 fully saturated rings. The highest BCUT2D eigenvalue weighted by Crippen LogP contribution is 2.18. The van der Waals surface area contributed by atoms with Gasteiger partial charge in [-0.15, -0.1) is 0 Å². The summed E-state index contributed by atoms with van der Waals surface area (Å²) in [6.45, 7) is 4.78. The molecule has 0 aliphatic carbocycles. The van der Waals surface area contributed by atoms with Gasteiger partial charge in [0.1, 0.15) is 11.5 Å². The van der Waals surface area contributed by atoms with Crippen LogP contribution in [0.1, 0.15) is 13.8 Å². The van der Waals surface area contributed by atoms with Crippen LogP contribution in [0.2, 0.25) is 0 Å². The minimum Gasteiger partial charge on any atom is -0.494 e. The number of hydrogen-bond donors (Lipinski definition) is 2. The smallest absolute Gasteiger partial charge is 0.488 e. The van der Waals surface area contributed by atoms with Crippen LogP contribution in [0.15, 0.2) is 18.2 Å². The van der Waals surface area contributed by atoms with E-state index in [0.29, 0.717) is 30.2 Å². The Hall–Kier alpha value is -1.20. The van der Waals surface area contributed by atoms with Crippen molar-refractivity contribution in [2.24, 2.45) is 0 Å². The molecule has 0 heterocycles. The van der Waals surface area contributed by atoms with Gasteiger partial charge in [0, 0.05) is 6.07 Å². The van der Waals surface area contributed by atoms with Gasteiger partial charge in [-0.3, -0.25) is 0 Å². The SMILES string of the molecule is CCOc1cc(OCC)cc(B(O)O)c1. The van der Waals surface area contributed by atoms with Crippen LogP contribution < -0.4 is 14.9 Å². The van der Waals surface area contributed by atoms with Crippen LogP contribution in [-0.4, -0.2) is 30.4 Å². The first-order valence-corrected chi connectivity index (χ1v) is 4.94. The summed E-state index contributed by atoms with van der Waals surface area (Å²) in [5, 5.41) is 18.1. The van der Waals surface area contributed by atoms with Crippen molar-refractivity contribution >= 4 is 12.6 Å². The van der Waals surface area contributed by atoms with E-state index in [2.05, 4.69) is 0 Å². The van der Waals surface area contributed by atoms with E-state index in [1.54, 1.807) is 18.2 Å². The third kappa shape index (κ3) is 3.45. The molecule has 0 radical (unpaired) electrons. The molecule has 1 aromatic rings. The van der Waals surface area contributed by atoms with Gasteiger partial charge in [-0.2, -0.15) is 0 Å². The third-order valence-electron chi connectivity index (χ3n) is 1.82. The molecular weight excluding hydrogens is 195 g/mol. The van der Waals surface area contributed by atoms with Crippen LogP contribution >= 0.6 is 0 Å². The molecule has 0 aliphatic rings. The van der Waals surface area contributed by atoms with Gasteiger partial charge in [0.15, 0.2) is 0 Å². The highest BCUT2D eigenvalue weighted by atomic mass is 16.5. The molecule has 0 amide bonds. The molecule has 0 spiro atoms. The molecule has 2 N–H and O–H groups in total. The second-order valence-corrected chi connectivity index (χ2v) is 2.98. The molecule has 4 nitrogen and oxygen atoms in total. The fourth-order valence-corrected chi connectivity index (χ4v) is 1.24. The minimum atomic E-state index is -1.51. The molecule has 0 aliphatic heterocycles.